The third-order valence-electron chi connectivity index (χ3n) is 5.63. The van der Waals surface area contributed by atoms with Gasteiger partial charge in [0.05, 0.1) is 18.0 Å². The molecule has 0 saturated heterocycles. The first-order chi connectivity index (χ1) is 17.3. The van der Waals surface area contributed by atoms with Gasteiger partial charge in [0.1, 0.15) is 10.4 Å². The molecule has 2 aromatic heterocycles. The van der Waals surface area contributed by atoms with Crippen LogP contribution in [0.4, 0.5) is 0 Å². The van der Waals surface area contributed by atoms with Crippen molar-refractivity contribution < 1.29 is 9.53 Å². The first kappa shape index (κ1) is 26.1. The Kier molecular flexibility index (Phi) is 8.28. The van der Waals surface area contributed by atoms with Crippen LogP contribution in [0.2, 0.25) is 0 Å². The molecule has 4 rings (SSSR count). The van der Waals surface area contributed by atoms with Gasteiger partial charge in [0, 0.05) is 11.7 Å². The molecule has 0 bridgehead atoms. The molecule has 0 aliphatic heterocycles. The summed E-state index contributed by atoms with van der Waals surface area (Å²) in [7, 11) is 0. The van der Waals surface area contributed by atoms with E-state index in [1.807, 2.05) is 76.2 Å². The number of nitrogens with one attached hydrogen (secondary N) is 1. The third-order valence-corrected chi connectivity index (χ3v) is 7.92. The minimum Gasteiger partial charge on any atom is -0.494 e. The predicted molar refractivity (Wildman–Crippen MR) is 150 cm³/mol. The molecule has 1 N–H and O–H groups in total. The van der Waals surface area contributed by atoms with E-state index in [0.717, 1.165) is 23.4 Å². The molecule has 36 heavy (non-hydrogen) atoms. The van der Waals surface area contributed by atoms with Crippen LogP contribution in [0, 0.1) is 10.9 Å². The lowest BCUT2D eigenvalue weighted by atomic mass is 10.2. The number of carbonyl (C=O) groups excluding carboxylic acids is 1. The van der Waals surface area contributed by atoms with E-state index in [1.165, 1.54) is 23.1 Å². The summed E-state index contributed by atoms with van der Waals surface area (Å²) in [5, 5.41) is 3.40. The monoisotopic (exact) mass is 540 g/mol. The first-order valence-electron chi connectivity index (χ1n) is 11.7. The van der Waals surface area contributed by atoms with Gasteiger partial charge in [-0.25, -0.2) is 4.98 Å². The Bertz CT molecular complexity index is 1490. The molecule has 10 heteroatoms. The van der Waals surface area contributed by atoms with Gasteiger partial charge in [0.2, 0.25) is 5.91 Å². The lowest BCUT2D eigenvalue weighted by Crippen LogP contribution is -2.33. The smallest absolute Gasteiger partial charge is 0.278 e. The van der Waals surface area contributed by atoms with E-state index >= 15 is 0 Å². The van der Waals surface area contributed by atoms with Crippen molar-refractivity contribution in [1.29, 1.82) is 0 Å². The molecule has 0 radical (unpaired) electrons. The van der Waals surface area contributed by atoms with E-state index in [2.05, 4.69) is 5.32 Å². The molecule has 1 unspecified atom stereocenters. The van der Waals surface area contributed by atoms with Crippen LogP contribution in [0.1, 0.15) is 32.8 Å². The molecule has 7 nitrogen and oxygen atoms in total. The lowest BCUT2D eigenvalue weighted by molar-refractivity contribution is -0.119. The lowest BCUT2D eigenvalue weighted by Gasteiger charge is -2.14. The zero-order valence-electron chi connectivity index (χ0n) is 20.6. The van der Waals surface area contributed by atoms with Crippen LogP contribution in [0.15, 0.2) is 58.5 Å². The van der Waals surface area contributed by atoms with Gasteiger partial charge in [0.25, 0.3) is 5.56 Å². The van der Waals surface area contributed by atoms with Crippen LogP contribution in [-0.2, 0) is 4.79 Å². The zero-order chi connectivity index (χ0) is 25.8. The van der Waals surface area contributed by atoms with E-state index in [9.17, 15) is 9.59 Å². The maximum atomic E-state index is 13.8. The van der Waals surface area contributed by atoms with E-state index < -0.39 is 0 Å². The molecule has 2 aromatic carbocycles. The second kappa shape index (κ2) is 11.4. The van der Waals surface area contributed by atoms with Gasteiger partial charge in [-0.2, -0.15) is 0 Å². The summed E-state index contributed by atoms with van der Waals surface area (Å²) in [6.07, 6.45) is 0.841. The largest absolute Gasteiger partial charge is 0.494 e. The average molecular weight is 541 g/mol. The Labute approximate surface area is 223 Å². The number of benzene rings is 2. The summed E-state index contributed by atoms with van der Waals surface area (Å²) in [5.41, 5.74) is 2.83. The van der Waals surface area contributed by atoms with Gasteiger partial charge in [0.15, 0.2) is 14.8 Å². The van der Waals surface area contributed by atoms with Gasteiger partial charge in [-0.3, -0.25) is 18.7 Å². The number of thioether (sulfide) groups is 1. The highest BCUT2D eigenvalue weighted by Crippen LogP contribution is 2.28. The average Bonchev–Trinajstić information content (AvgIpc) is 3.20. The van der Waals surface area contributed by atoms with Crippen molar-refractivity contribution in [3.8, 4) is 17.1 Å². The number of amides is 1. The Hall–Kier alpha value is -2.95. The molecule has 1 atom stereocenters. The Morgan fingerprint density at radius 2 is 1.75 bits per heavy atom. The normalized spacial score (nSPS) is 12.0. The molecular weight excluding hydrogens is 513 g/mol. The van der Waals surface area contributed by atoms with E-state index in [1.54, 1.807) is 9.13 Å². The number of rotatable bonds is 9. The predicted octanol–water partition coefficient (Wildman–Crippen LogP) is 5.68. The quantitative estimate of drug-likeness (QED) is 0.167. The highest BCUT2D eigenvalue weighted by molar-refractivity contribution is 7.99. The molecule has 0 aliphatic carbocycles. The highest BCUT2D eigenvalue weighted by Gasteiger charge is 2.20. The Morgan fingerprint density at radius 3 is 2.39 bits per heavy atom. The number of fused-ring (bicyclic) bond motifs is 1. The van der Waals surface area contributed by atoms with Crippen molar-refractivity contribution in [3.63, 3.8) is 0 Å². The second-order valence-corrected chi connectivity index (χ2v) is 10.9. The fraction of sp³-hybridized carbons (Fsp3) is 0.308. The van der Waals surface area contributed by atoms with Crippen molar-refractivity contribution in [3.05, 3.63) is 68.4 Å². The molecule has 0 spiro atoms. The van der Waals surface area contributed by atoms with Gasteiger partial charge < -0.3 is 10.1 Å². The van der Waals surface area contributed by atoms with Gasteiger partial charge >= 0.3 is 0 Å². The number of hydrogen-bond donors (Lipinski definition) is 1. The van der Waals surface area contributed by atoms with Crippen molar-refractivity contribution in [1.82, 2.24) is 19.4 Å². The van der Waals surface area contributed by atoms with Crippen LogP contribution in [0.5, 0.6) is 5.75 Å². The molecular formula is C26H28N4O3S3. The Balaban J connectivity index is 1.84. The zero-order valence-corrected chi connectivity index (χ0v) is 23.1. The number of aromatic nitrogens is 3. The molecule has 2 heterocycles. The van der Waals surface area contributed by atoms with Crippen molar-refractivity contribution in [2.45, 2.75) is 45.3 Å². The molecule has 0 aliphatic rings. The summed E-state index contributed by atoms with van der Waals surface area (Å²) >= 11 is 8.13. The number of hydrogen-bond acceptors (Lipinski definition) is 7. The molecule has 188 valence electrons. The van der Waals surface area contributed by atoms with E-state index in [-0.39, 0.29) is 23.3 Å². The van der Waals surface area contributed by atoms with Crippen LogP contribution in [0.3, 0.4) is 0 Å². The summed E-state index contributed by atoms with van der Waals surface area (Å²) in [5.74, 6) is 0.792. The van der Waals surface area contributed by atoms with Crippen molar-refractivity contribution in [2.75, 3.05) is 12.4 Å². The Morgan fingerprint density at radius 1 is 1.11 bits per heavy atom. The third kappa shape index (κ3) is 5.55. The first-order valence-corrected chi connectivity index (χ1v) is 13.9. The van der Waals surface area contributed by atoms with Crippen molar-refractivity contribution in [2.24, 2.45) is 0 Å². The van der Waals surface area contributed by atoms with Crippen LogP contribution >= 0.6 is 35.3 Å². The number of aryl methyl sites for hydroxylation is 1. The summed E-state index contributed by atoms with van der Waals surface area (Å²) in [6, 6.07) is 15.3. The van der Waals surface area contributed by atoms with Gasteiger partial charge in [-0.15, -0.1) is 0 Å². The maximum Gasteiger partial charge on any atom is 0.278 e. The molecule has 1 amide bonds. The SMILES string of the molecule is CCOc1ccc(-n2c(=S)sc3c(=O)n(-c4ccc(C)cc4)c(SCC(=O)NC(C)CC)nc32)cc1. The number of thiazole rings is 1. The number of nitrogens with zero attached hydrogens (tertiary/aromatic N) is 3. The molecule has 4 aromatic rings. The minimum atomic E-state index is -0.213. The molecule has 0 fully saturated rings. The van der Waals surface area contributed by atoms with Crippen molar-refractivity contribution >= 4 is 51.6 Å². The topological polar surface area (TPSA) is 78.1 Å². The second-order valence-electron chi connectivity index (χ2n) is 8.32. The fourth-order valence-corrected chi connectivity index (χ4v) is 5.71. The molecule has 0 saturated carbocycles. The van der Waals surface area contributed by atoms with Gasteiger partial charge in [-0.1, -0.05) is 47.7 Å². The fourth-order valence-electron chi connectivity index (χ4n) is 3.59. The van der Waals surface area contributed by atoms with E-state index in [0.29, 0.717) is 31.8 Å². The highest BCUT2D eigenvalue weighted by atomic mass is 32.2. The minimum absolute atomic E-state index is 0.0781. The van der Waals surface area contributed by atoms with E-state index in [4.69, 9.17) is 21.9 Å². The number of ether oxygens (including phenoxy) is 1. The summed E-state index contributed by atoms with van der Waals surface area (Å²) in [4.78, 5) is 31.2. The van der Waals surface area contributed by atoms with Crippen LogP contribution in [0.25, 0.3) is 21.7 Å². The number of carbonyl (C=O) groups is 1. The van der Waals surface area contributed by atoms with Crippen LogP contribution in [-0.4, -0.2) is 38.4 Å². The maximum absolute atomic E-state index is 13.8. The summed E-state index contributed by atoms with van der Waals surface area (Å²) < 4.78 is 9.90. The van der Waals surface area contributed by atoms with Gasteiger partial charge in [-0.05, 0) is 75.8 Å². The standard InChI is InChI=1S/C26H28N4O3S3/c1-5-17(4)27-21(31)15-35-25-28-23-22(24(32)30(25)19-9-7-16(3)8-10-19)36-26(34)29(23)18-11-13-20(14-12-18)33-6-2/h7-14,17H,5-6,15H2,1-4H3,(H,27,31). The van der Waals surface area contributed by atoms with Crippen LogP contribution < -0.4 is 15.6 Å². The summed E-state index contributed by atoms with van der Waals surface area (Å²) in [6.45, 7) is 8.48.